The van der Waals surface area contributed by atoms with E-state index in [4.69, 9.17) is 15.6 Å². The number of nitrogens with zero attached hydrogens (tertiary/aromatic N) is 2. The lowest BCUT2D eigenvalue weighted by molar-refractivity contribution is 0.0527. The number of benzene rings is 1. The van der Waals surface area contributed by atoms with Gasteiger partial charge in [0.25, 0.3) is 0 Å². The van der Waals surface area contributed by atoms with Crippen LogP contribution in [0.1, 0.15) is 17.3 Å². The number of hydrogen-bond acceptors (Lipinski definition) is 6. The smallest absolute Gasteiger partial charge is 0.343 e. The zero-order valence-corrected chi connectivity index (χ0v) is 12.0. The molecule has 2 aromatic rings. The first kappa shape index (κ1) is 15.0. The Hall–Kier alpha value is -2.39. The standard InChI is InChI=1S/C12H14N4O4S/c1-2-20-12(17)10-7-15-16(11(10)13)8-3-5-9(6-4-8)21(14,18)19/h3-7H,2,13H2,1H3,(H2,14,18,19). The first-order valence-corrected chi connectivity index (χ1v) is 7.53. The molecule has 0 saturated heterocycles. The van der Waals surface area contributed by atoms with Crippen molar-refractivity contribution in [2.24, 2.45) is 5.14 Å². The topological polar surface area (TPSA) is 130 Å². The zero-order valence-electron chi connectivity index (χ0n) is 11.2. The van der Waals surface area contributed by atoms with E-state index in [2.05, 4.69) is 5.10 Å². The van der Waals surface area contributed by atoms with E-state index in [1.807, 2.05) is 0 Å². The monoisotopic (exact) mass is 310 g/mol. The molecule has 2 rings (SSSR count). The molecule has 0 aliphatic rings. The number of nitrogens with two attached hydrogens (primary N) is 2. The summed E-state index contributed by atoms with van der Waals surface area (Å²) >= 11 is 0. The molecule has 0 spiro atoms. The van der Waals surface area contributed by atoms with Crippen LogP contribution in [-0.4, -0.2) is 30.8 Å². The van der Waals surface area contributed by atoms with E-state index >= 15 is 0 Å². The van der Waals surface area contributed by atoms with Gasteiger partial charge in [0, 0.05) is 0 Å². The molecule has 0 unspecified atom stereocenters. The molecule has 1 aromatic heterocycles. The van der Waals surface area contributed by atoms with Crippen LogP contribution in [-0.2, 0) is 14.8 Å². The molecule has 0 aliphatic carbocycles. The zero-order chi connectivity index (χ0) is 15.6. The molecule has 0 radical (unpaired) electrons. The van der Waals surface area contributed by atoms with Crippen LogP contribution in [0.4, 0.5) is 5.82 Å². The van der Waals surface area contributed by atoms with E-state index < -0.39 is 16.0 Å². The third-order valence-corrected chi connectivity index (χ3v) is 3.64. The van der Waals surface area contributed by atoms with Crippen LogP contribution < -0.4 is 10.9 Å². The van der Waals surface area contributed by atoms with Crippen molar-refractivity contribution in [1.82, 2.24) is 9.78 Å². The summed E-state index contributed by atoms with van der Waals surface area (Å²) in [6.45, 7) is 1.91. The molecular formula is C12H14N4O4S. The van der Waals surface area contributed by atoms with E-state index in [1.54, 1.807) is 6.92 Å². The van der Waals surface area contributed by atoms with Crippen LogP contribution in [0.15, 0.2) is 35.4 Å². The van der Waals surface area contributed by atoms with E-state index in [9.17, 15) is 13.2 Å². The van der Waals surface area contributed by atoms with Gasteiger partial charge in [-0.15, -0.1) is 0 Å². The Labute approximate surface area is 121 Å². The van der Waals surface area contributed by atoms with Gasteiger partial charge < -0.3 is 10.5 Å². The van der Waals surface area contributed by atoms with E-state index in [0.717, 1.165) is 0 Å². The summed E-state index contributed by atoms with van der Waals surface area (Å²) in [5.41, 5.74) is 6.49. The number of nitrogen functional groups attached to an aromatic ring is 1. The third kappa shape index (κ3) is 3.03. The minimum Gasteiger partial charge on any atom is -0.462 e. The molecule has 4 N–H and O–H groups in total. The molecule has 0 atom stereocenters. The van der Waals surface area contributed by atoms with Crippen molar-refractivity contribution in [2.45, 2.75) is 11.8 Å². The van der Waals surface area contributed by atoms with Crippen LogP contribution in [0.3, 0.4) is 0 Å². The highest BCUT2D eigenvalue weighted by Crippen LogP contribution is 2.19. The molecule has 0 amide bonds. The Kier molecular flexibility index (Phi) is 3.96. The highest BCUT2D eigenvalue weighted by Gasteiger charge is 2.17. The van der Waals surface area contributed by atoms with Crippen LogP contribution in [0, 0.1) is 0 Å². The molecule has 0 fully saturated rings. The van der Waals surface area contributed by atoms with Gasteiger partial charge >= 0.3 is 5.97 Å². The Morgan fingerprint density at radius 1 is 1.33 bits per heavy atom. The number of esters is 1. The van der Waals surface area contributed by atoms with Crippen LogP contribution >= 0.6 is 0 Å². The molecular weight excluding hydrogens is 296 g/mol. The number of carbonyl (C=O) groups excluding carboxylic acids is 1. The normalized spacial score (nSPS) is 11.3. The fraction of sp³-hybridized carbons (Fsp3) is 0.167. The summed E-state index contributed by atoms with van der Waals surface area (Å²) in [7, 11) is -3.76. The fourth-order valence-corrected chi connectivity index (χ4v) is 2.22. The number of hydrogen-bond donors (Lipinski definition) is 2. The van der Waals surface area contributed by atoms with Gasteiger partial charge in [-0.3, -0.25) is 0 Å². The average molecular weight is 310 g/mol. The quantitative estimate of drug-likeness (QED) is 0.780. The predicted molar refractivity (Wildman–Crippen MR) is 75.3 cm³/mol. The molecule has 0 aliphatic heterocycles. The van der Waals surface area contributed by atoms with Gasteiger partial charge in [-0.2, -0.15) is 5.10 Å². The maximum absolute atomic E-state index is 11.6. The van der Waals surface area contributed by atoms with Gasteiger partial charge in [0.2, 0.25) is 10.0 Å². The van der Waals surface area contributed by atoms with Crippen molar-refractivity contribution in [3.63, 3.8) is 0 Å². The molecule has 21 heavy (non-hydrogen) atoms. The first-order valence-electron chi connectivity index (χ1n) is 5.98. The van der Waals surface area contributed by atoms with Crippen molar-refractivity contribution >= 4 is 21.8 Å². The molecule has 112 valence electrons. The summed E-state index contributed by atoms with van der Waals surface area (Å²) in [4.78, 5) is 11.6. The molecule has 0 bridgehead atoms. The Morgan fingerprint density at radius 2 is 1.95 bits per heavy atom. The maximum Gasteiger partial charge on any atom is 0.343 e. The molecule has 9 heteroatoms. The summed E-state index contributed by atoms with van der Waals surface area (Å²) in [5, 5.41) is 9.01. The Morgan fingerprint density at radius 3 is 2.48 bits per heavy atom. The number of aromatic nitrogens is 2. The summed E-state index contributed by atoms with van der Waals surface area (Å²) in [6, 6.07) is 5.63. The second kappa shape index (κ2) is 5.54. The maximum atomic E-state index is 11.6. The van der Waals surface area contributed by atoms with Crippen molar-refractivity contribution in [2.75, 3.05) is 12.3 Å². The summed E-state index contributed by atoms with van der Waals surface area (Å²) < 4.78 is 28.5. The van der Waals surface area contributed by atoms with E-state index in [0.29, 0.717) is 5.69 Å². The van der Waals surface area contributed by atoms with Crippen molar-refractivity contribution in [1.29, 1.82) is 0 Å². The van der Waals surface area contributed by atoms with E-state index in [-0.39, 0.29) is 22.9 Å². The SMILES string of the molecule is CCOC(=O)c1cnn(-c2ccc(S(N)(=O)=O)cc2)c1N. The summed E-state index contributed by atoms with van der Waals surface area (Å²) in [5.74, 6) is -0.459. The third-order valence-electron chi connectivity index (χ3n) is 2.71. The number of ether oxygens (including phenoxy) is 1. The Bertz CT molecular complexity index is 765. The van der Waals surface area contributed by atoms with Crippen molar-refractivity contribution in [3.8, 4) is 5.69 Å². The molecule has 1 aromatic carbocycles. The van der Waals surface area contributed by atoms with Gasteiger partial charge in [0.1, 0.15) is 11.4 Å². The second-order valence-corrected chi connectivity index (χ2v) is 5.68. The van der Waals surface area contributed by atoms with Crippen LogP contribution in [0.2, 0.25) is 0 Å². The molecule has 1 heterocycles. The lowest BCUT2D eigenvalue weighted by Gasteiger charge is -2.06. The average Bonchev–Trinajstić information content (AvgIpc) is 2.80. The van der Waals surface area contributed by atoms with E-state index in [1.165, 1.54) is 35.1 Å². The largest absolute Gasteiger partial charge is 0.462 e. The number of carbonyl (C=O) groups is 1. The minimum absolute atomic E-state index is 0.0254. The number of primary sulfonamides is 1. The van der Waals surface area contributed by atoms with Gasteiger partial charge in [0.05, 0.1) is 23.4 Å². The van der Waals surface area contributed by atoms with Crippen LogP contribution in [0.5, 0.6) is 0 Å². The number of anilines is 1. The van der Waals surface area contributed by atoms with Gasteiger partial charge in [-0.05, 0) is 31.2 Å². The molecule has 0 saturated carbocycles. The van der Waals surface area contributed by atoms with Crippen LogP contribution in [0.25, 0.3) is 5.69 Å². The fourth-order valence-electron chi connectivity index (χ4n) is 1.71. The number of rotatable bonds is 4. The summed E-state index contributed by atoms with van der Waals surface area (Å²) in [6.07, 6.45) is 1.29. The Balaban J connectivity index is 2.37. The van der Waals surface area contributed by atoms with Crippen molar-refractivity contribution < 1.29 is 17.9 Å². The highest BCUT2D eigenvalue weighted by molar-refractivity contribution is 7.89. The van der Waals surface area contributed by atoms with Gasteiger partial charge in [0.15, 0.2) is 0 Å². The van der Waals surface area contributed by atoms with Gasteiger partial charge in [-0.1, -0.05) is 0 Å². The first-order chi connectivity index (χ1) is 9.84. The lowest BCUT2D eigenvalue weighted by Crippen LogP contribution is -2.12. The van der Waals surface area contributed by atoms with Gasteiger partial charge in [-0.25, -0.2) is 23.0 Å². The second-order valence-electron chi connectivity index (χ2n) is 4.11. The highest BCUT2D eigenvalue weighted by atomic mass is 32.2. The predicted octanol–water partition coefficient (Wildman–Crippen LogP) is 0.279. The lowest BCUT2D eigenvalue weighted by atomic mass is 10.3. The molecule has 8 nitrogen and oxygen atoms in total. The van der Waals surface area contributed by atoms with Crippen molar-refractivity contribution in [3.05, 3.63) is 36.0 Å². The number of sulfonamides is 1. The minimum atomic E-state index is -3.76.